The molecule has 0 aliphatic carbocycles. The lowest BCUT2D eigenvalue weighted by atomic mass is 10.2. The Bertz CT molecular complexity index is 3670. The van der Waals surface area contributed by atoms with Crippen LogP contribution in [0.5, 0.6) is 34.5 Å². The molecule has 33 heteroatoms. The molecule has 94 heavy (non-hydrogen) atoms. The molecule has 502 valence electrons. The maximum Gasteiger partial charge on any atom is 0.303 e. The predicted molar refractivity (Wildman–Crippen MR) is 368 cm³/mol. The van der Waals surface area contributed by atoms with Gasteiger partial charge in [-0.25, -0.2) is 49.8 Å². The number of H-pyrrole nitrogens is 1. The van der Waals surface area contributed by atoms with Gasteiger partial charge in [0, 0.05) is 86.5 Å². The molecule has 0 saturated heterocycles. The van der Waals surface area contributed by atoms with E-state index in [9.17, 15) is 14.4 Å². The molecular formula is C61H67Cl7IN15O10. The summed E-state index contributed by atoms with van der Waals surface area (Å²) in [4.78, 5) is 76.0. The Kier molecular flexibility index (Phi) is 36.3. The molecule has 6 N–H and O–H groups in total. The Hall–Kier alpha value is -7.67. The van der Waals surface area contributed by atoms with Crippen LogP contribution in [0.4, 0.5) is 0 Å². The van der Waals surface area contributed by atoms with Gasteiger partial charge in [-0.1, -0.05) is 115 Å². The van der Waals surface area contributed by atoms with E-state index in [1.54, 1.807) is 67.1 Å². The minimum Gasteiger partial charge on any atom is -0.481 e. The Morgan fingerprint density at radius 2 is 0.979 bits per heavy atom. The molecule has 0 saturated carbocycles. The topological polar surface area (TPSA) is 327 Å². The Morgan fingerprint density at radius 3 is 1.36 bits per heavy atom. The van der Waals surface area contributed by atoms with Crippen molar-refractivity contribution in [3.8, 4) is 40.4 Å². The summed E-state index contributed by atoms with van der Waals surface area (Å²) in [5.41, 5.74) is 11.0. The monoisotopic (exact) mass is 1540 g/mol. The van der Waals surface area contributed by atoms with Crippen LogP contribution in [0.1, 0.15) is 86.9 Å². The van der Waals surface area contributed by atoms with E-state index in [0.29, 0.717) is 96.9 Å². The van der Waals surface area contributed by atoms with E-state index in [-0.39, 0.29) is 71.8 Å². The molecule has 3 aromatic carbocycles. The third-order valence-electron chi connectivity index (χ3n) is 11.5. The molecule has 9 heterocycles. The molecule has 0 radical (unpaired) electrons. The first-order chi connectivity index (χ1) is 44.8. The van der Waals surface area contributed by atoms with E-state index in [1.807, 2.05) is 68.4 Å². The number of hydrogen-bond acceptors (Lipinski definition) is 20. The van der Waals surface area contributed by atoms with E-state index in [2.05, 4.69) is 95.0 Å². The lowest BCUT2D eigenvalue weighted by Crippen LogP contribution is -2.23. The Balaban J connectivity index is 0.000000252. The summed E-state index contributed by atoms with van der Waals surface area (Å²) in [6.07, 6.45) is 11.8. The first-order valence-corrected chi connectivity index (χ1v) is 32.2. The van der Waals surface area contributed by atoms with Crippen LogP contribution in [-0.4, -0.2) is 107 Å². The fraction of sp³-hybridized carbons (Fsp3) is 0.295. The molecule has 0 spiro atoms. The van der Waals surface area contributed by atoms with Gasteiger partial charge >= 0.3 is 5.97 Å². The van der Waals surface area contributed by atoms with Crippen molar-refractivity contribution in [1.29, 1.82) is 0 Å². The normalized spacial score (nSPS) is 11.1. The molecule has 0 atom stereocenters. The number of nitrogens with one attached hydrogen (secondary N) is 3. The summed E-state index contributed by atoms with van der Waals surface area (Å²) in [5.74, 6) is 3.82. The minimum absolute atomic E-state index is 0. The largest absolute Gasteiger partial charge is 0.481 e. The first-order valence-electron chi connectivity index (χ1n) is 28.0. The molecule has 9 aromatic rings. The van der Waals surface area contributed by atoms with Gasteiger partial charge in [0.15, 0.2) is 34.5 Å². The summed E-state index contributed by atoms with van der Waals surface area (Å²) in [6.45, 7) is 10.1. The van der Waals surface area contributed by atoms with Crippen LogP contribution in [0.3, 0.4) is 0 Å². The minimum atomic E-state index is -0.883. The zero-order valence-electron chi connectivity index (χ0n) is 50.3. The Labute approximate surface area is 591 Å². The van der Waals surface area contributed by atoms with Crippen molar-refractivity contribution >= 4 is 122 Å². The molecule has 3 aliphatic heterocycles. The summed E-state index contributed by atoms with van der Waals surface area (Å²) in [6, 6.07) is 23.3. The molecule has 6 aromatic heterocycles. The number of hydrogen-bond donors (Lipinski definition) is 5. The fourth-order valence-electron chi connectivity index (χ4n) is 7.37. The van der Waals surface area contributed by atoms with Gasteiger partial charge < -0.3 is 54.9 Å². The number of benzene rings is 3. The third kappa shape index (κ3) is 29.7. The quantitative estimate of drug-likeness (QED) is 0.0275. The van der Waals surface area contributed by atoms with Gasteiger partial charge in [0.2, 0.25) is 54.0 Å². The second-order valence-corrected chi connectivity index (χ2v) is 22.3. The van der Waals surface area contributed by atoms with Gasteiger partial charge in [0.05, 0.1) is 12.7 Å². The van der Waals surface area contributed by atoms with Crippen molar-refractivity contribution < 1.29 is 47.9 Å². The van der Waals surface area contributed by atoms with Crippen LogP contribution in [-0.2, 0) is 53.3 Å². The van der Waals surface area contributed by atoms with Gasteiger partial charge in [-0.3, -0.25) is 19.0 Å². The smallest absolute Gasteiger partial charge is 0.303 e. The highest BCUT2D eigenvalue weighted by Crippen LogP contribution is 2.34. The number of rotatable bonds is 15. The van der Waals surface area contributed by atoms with Crippen molar-refractivity contribution in [2.24, 2.45) is 5.73 Å². The van der Waals surface area contributed by atoms with Crippen molar-refractivity contribution in [2.75, 3.05) is 24.8 Å². The number of carboxylic acids is 1. The van der Waals surface area contributed by atoms with E-state index in [1.165, 1.54) is 10.5 Å². The number of carbonyl (C=O) groups is 3. The molecule has 3 aliphatic rings. The fourth-order valence-corrected chi connectivity index (χ4v) is 8.98. The molecule has 2 amide bonds. The number of aromatic nitrogens is 12. The van der Waals surface area contributed by atoms with Crippen molar-refractivity contribution in [2.45, 2.75) is 93.3 Å². The van der Waals surface area contributed by atoms with Crippen LogP contribution < -0.4 is 44.8 Å². The number of imidazole rings is 2. The predicted octanol–water partition coefficient (Wildman–Crippen LogP) is 13.3. The van der Waals surface area contributed by atoms with Gasteiger partial charge in [-0.05, 0) is 136 Å². The number of carboxylic acid groups (broad SMARTS) is 1. The molecule has 0 fully saturated rings. The zero-order valence-corrected chi connectivity index (χ0v) is 57.8. The number of nitrogens with zero attached hydrogens (tertiary/aromatic N) is 11. The van der Waals surface area contributed by atoms with Crippen molar-refractivity contribution in [3.05, 3.63) is 192 Å². The van der Waals surface area contributed by atoms with Crippen LogP contribution in [0.25, 0.3) is 5.95 Å². The van der Waals surface area contributed by atoms with Crippen LogP contribution in [0.15, 0.2) is 116 Å². The van der Waals surface area contributed by atoms with Crippen molar-refractivity contribution in [1.82, 2.24) is 70.0 Å². The van der Waals surface area contributed by atoms with E-state index < -0.39 is 5.97 Å². The summed E-state index contributed by atoms with van der Waals surface area (Å²) >= 11 is 41.9. The molecule has 25 nitrogen and oxygen atoms in total. The number of nitrogens with two attached hydrogens (primary N) is 1. The number of carbonyl (C=O) groups excluding carboxylic acids is 2. The SMILES string of the molecule is C.CC.CCI.Cc1cc(Cl)nc(Cl)n1.NCc1ccc2c(c1)OCO2.O=C(CCc1cc(Cl)nc(-n2ccnc2)n1)NCc1ccc2c(c1)OCO2.O=C(CCc1cc(Cl)nc(Cl)n1)NCc1ccc2c(c1)OCO2.O=C(O)CCc1cc(Cl)nc(Cl)n1.c1c[nH]cn1. The lowest BCUT2D eigenvalue weighted by molar-refractivity contribution is -0.137. The zero-order chi connectivity index (χ0) is 67.5. The summed E-state index contributed by atoms with van der Waals surface area (Å²) in [7, 11) is 0. The van der Waals surface area contributed by atoms with E-state index in [0.717, 1.165) is 45.4 Å². The number of aromatic amines is 1. The number of aliphatic carboxylic acids is 1. The highest BCUT2D eigenvalue weighted by molar-refractivity contribution is 14.1. The second kappa shape index (κ2) is 43.3. The van der Waals surface area contributed by atoms with E-state index in [4.69, 9.17) is 120 Å². The van der Waals surface area contributed by atoms with Gasteiger partial charge in [0.1, 0.15) is 26.9 Å². The lowest BCUT2D eigenvalue weighted by Gasteiger charge is -2.07. The molecular weight excluding hydrogens is 1480 g/mol. The van der Waals surface area contributed by atoms with Gasteiger partial charge in [-0.2, -0.15) is 0 Å². The van der Waals surface area contributed by atoms with Gasteiger partial charge in [-0.15, -0.1) is 0 Å². The molecule has 0 bridgehead atoms. The maximum absolute atomic E-state index is 12.2. The number of halogens is 8. The highest BCUT2D eigenvalue weighted by Gasteiger charge is 2.17. The van der Waals surface area contributed by atoms with Crippen LogP contribution in [0, 0.1) is 6.92 Å². The van der Waals surface area contributed by atoms with Crippen LogP contribution in [0.2, 0.25) is 36.5 Å². The average Bonchev–Trinajstić information content (AvgIpc) is 2.59. The summed E-state index contributed by atoms with van der Waals surface area (Å²) < 4.78 is 34.3. The number of aryl methyl sites for hydroxylation is 4. The summed E-state index contributed by atoms with van der Waals surface area (Å²) in [5, 5.41) is 15.6. The number of alkyl halides is 1. The average molecular weight is 1550 g/mol. The maximum atomic E-state index is 12.2. The first kappa shape index (κ1) is 78.8. The van der Waals surface area contributed by atoms with Crippen molar-refractivity contribution in [3.63, 3.8) is 0 Å². The Morgan fingerprint density at radius 1 is 0.564 bits per heavy atom. The highest BCUT2D eigenvalue weighted by atomic mass is 127. The van der Waals surface area contributed by atoms with Gasteiger partial charge in [0.25, 0.3) is 0 Å². The number of ether oxygens (including phenoxy) is 6. The number of amides is 2. The van der Waals surface area contributed by atoms with E-state index >= 15 is 0 Å². The molecule has 0 unspecified atom stereocenters. The van der Waals surface area contributed by atoms with Crippen LogP contribution >= 0.6 is 104 Å². The second-order valence-electron chi connectivity index (χ2n) is 18.2. The number of fused-ring (bicyclic) bond motifs is 3. The third-order valence-corrected chi connectivity index (χ3v) is 12.7. The molecule has 12 rings (SSSR count). The standard InChI is InChI=1S/C18H16ClN5O3.C15H13Cl2N3O3.C8H9NO2.C7H6Cl2N2O2.C5H4Cl2N2.C3H4N2.C2H5I.C2H6.CH4/c19-16-8-13(22-18(23-16)24-6-5-20-10-24)2-4-17(25)21-9-12-1-3-14-15(7-12)27-11-26-14;16-13-6-10(19-15(17)20-13)2-4-14(21)18-7-9-1-3-11-12(5-9)23-8-22-11;9-4-6-1-2-7-8(3-6)11-5-10-7;8-5-3-4(1-2-6(12)13)10-7(9)11-5;1-3-2-4(6)9-5(7)8-3;1-2-5-3-4-1;1-2-3;1-2;/h1,3,5-8,10H,2,4,9,11H2,(H,21,25);1,3,5-6H,2,4,7-8H2,(H,18,21);1-3H,4-5,9H2;3H,1-2H2,(H,12,13);2H,1H3;1-3H,(H,4,5);2H2,1H3;1-2H3;1H4.